The van der Waals surface area contributed by atoms with E-state index in [1.54, 1.807) is 0 Å². The molecule has 1 saturated carbocycles. The van der Waals surface area contributed by atoms with Gasteiger partial charge in [0, 0.05) is 19.1 Å². The molecule has 2 nitrogen and oxygen atoms in total. The molecule has 1 aliphatic carbocycles. The van der Waals surface area contributed by atoms with Crippen LogP contribution in [0, 0.1) is 5.92 Å². The second kappa shape index (κ2) is 7.55. The number of benzene rings is 1. The molecule has 2 heteroatoms. The predicted molar refractivity (Wildman–Crippen MR) is 77.3 cm³/mol. The third kappa shape index (κ3) is 4.11. The summed E-state index contributed by atoms with van der Waals surface area (Å²) in [6, 6.07) is 11.1. The van der Waals surface area contributed by atoms with E-state index >= 15 is 0 Å². The first kappa shape index (κ1) is 13.6. The Morgan fingerprint density at radius 2 is 1.72 bits per heavy atom. The molecule has 1 fully saturated rings. The molecule has 18 heavy (non-hydrogen) atoms. The van der Waals surface area contributed by atoms with Gasteiger partial charge in [0.25, 0.3) is 0 Å². The summed E-state index contributed by atoms with van der Waals surface area (Å²) < 4.78 is 0. The van der Waals surface area contributed by atoms with E-state index in [9.17, 15) is 0 Å². The maximum absolute atomic E-state index is 5.96. The highest BCUT2D eigenvalue weighted by Crippen LogP contribution is 2.25. The fraction of sp³-hybridized carbons (Fsp3) is 0.625. The smallest absolute Gasteiger partial charge is 0.0221 e. The monoisotopic (exact) mass is 246 g/mol. The van der Waals surface area contributed by atoms with Gasteiger partial charge in [-0.3, -0.25) is 0 Å². The topological polar surface area (TPSA) is 38.0 Å². The zero-order valence-corrected chi connectivity index (χ0v) is 11.3. The molecular weight excluding hydrogens is 220 g/mol. The van der Waals surface area contributed by atoms with E-state index in [0.717, 1.165) is 19.0 Å². The van der Waals surface area contributed by atoms with Gasteiger partial charge in [-0.1, -0.05) is 56.0 Å². The Kier molecular flexibility index (Phi) is 5.69. The Balaban J connectivity index is 1.84. The molecular formula is C16H26N2. The molecule has 0 bridgehead atoms. The maximum Gasteiger partial charge on any atom is 0.0221 e. The second-order valence-corrected chi connectivity index (χ2v) is 5.46. The Hall–Kier alpha value is -0.860. The minimum atomic E-state index is 0.489. The van der Waals surface area contributed by atoms with E-state index in [1.165, 1.54) is 44.1 Å². The average Bonchev–Trinajstić information content (AvgIpc) is 2.70. The largest absolute Gasteiger partial charge is 0.329 e. The number of hydrogen-bond acceptors (Lipinski definition) is 2. The highest BCUT2D eigenvalue weighted by Gasteiger charge is 2.20. The highest BCUT2D eigenvalue weighted by atomic mass is 14.9. The van der Waals surface area contributed by atoms with Crippen molar-refractivity contribution in [2.24, 2.45) is 11.7 Å². The van der Waals surface area contributed by atoms with Gasteiger partial charge >= 0.3 is 0 Å². The van der Waals surface area contributed by atoms with Gasteiger partial charge in [0.05, 0.1) is 0 Å². The molecule has 1 unspecified atom stereocenters. The molecule has 1 aliphatic rings. The van der Waals surface area contributed by atoms with Gasteiger partial charge in [-0.15, -0.1) is 0 Å². The van der Waals surface area contributed by atoms with Crippen LogP contribution in [0.1, 0.15) is 44.1 Å². The van der Waals surface area contributed by atoms with Crippen molar-refractivity contribution in [3.05, 3.63) is 35.9 Å². The molecule has 0 radical (unpaired) electrons. The lowest BCUT2D eigenvalue weighted by molar-refractivity contribution is 0.323. The van der Waals surface area contributed by atoms with Crippen LogP contribution in [0.5, 0.6) is 0 Å². The van der Waals surface area contributed by atoms with E-state index in [-0.39, 0.29) is 0 Å². The summed E-state index contributed by atoms with van der Waals surface area (Å²) in [6.07, 6.45) is 8.29. The predicted octanol–water partition coefficient (Wildman–Crippen LogP) is 3.07. The van der Waals surface area contributed by atoms with Gasteiger partial charge in [0.1, 0.15) is 0 Å². The van der Waals surface area contributed by atoms with E-state index in [2.05, 4.69) is 35.6 Å². The number of rotatable bonds is 5. The molecule has 0 aliphatic heterocycles. The minimum Gasteiger partial charge on any atom is -0.329 e. The summed E-state index contributed by atoms with van der Waals surface area (Å²) in [5.74, 6) is 0.779. The number of nitrogens with one attached hydrogen (secondary N) is 1. The normalized spacial score (nSPS) is 19.4. The van der Waals surface area contributed by atoms with Crippen LogP contribution in [-0.2, 0) is 6.54 Å². The van der Waals surface area contributed by atoms with Crippen molar-refractivity contribution < 1.29 is 0 Å². The van der Waals surface area contributed by atoms with Gasteiger partial charge in [0.15, 0.2) is 0 Å². The van der Waals surface area contributed by atoms with Gasteiger partial charge in [-0.05, 0) is 24.3 Å². The van der Waals surface area contributed by atoms with Crippen LogP contribution < -0.4 is 11.1 Å². The van der Waals surface area contributed by atoms with Crippen LogP contribution in [0.15, 0.2) is 30.3 Å². The minimum absolute atomic E-state index is 0.489. The van der Waals surface area contributed by atoms with Crippen molar-refractivity contribution in [2.45, 2.75) is 51.1 Å². The van der Waals surface area contributed by atoms with Crippen molar-refractivity contribution >= 4 is 0 Å². The van der Waals surface area contributed by atoms with Crippen molar-refractivity contribution in [1.29, 1.82) is 0 Å². The van der Waals surface area contributed by atoms with E-state index in [4.69, 9.17) is 5.73 Å². The standard InChI is InChI=1S/C16H26N2/c17-12-16(15-10-6-1-2-7-11-15)18-13-14-8-4-3-5-9-14/h3-5,8-9,15-16,18H,1-2,6-7,10-13,17H2. The van der Waals surface area contributed by atoms with Gasteiger partial charge < -0.3 is 11.1 Å². The van der Waals surface area contributed by atoms with E-state index in [1.807, 2.05) is 0 Å². The van der Waals surface area contributed by atoms with Crippen LogP contribution in [0.4, 0.5) is 0 Å². The number of hydrogen-bond donors (Lipinski definition) is 2. The molecule has 0 spiro atoms. The highest BCUT2D eigenvalue weighted by molar-refractivity contribution is 5.14. The van der Waals surface area contributed by atoms with Crippen LogP contribution in [0.25, 0.3) is 0 Å². The van der Waals surface area contributed by atoms with Crippen molar-refractivity contribution in [3.8, 4) is 0 Å². The second-order valence-electron chi connectivity index (χ2n) is 5.46. The summed E-state index contributed by atoms with van der Waals surface area (Å²) in [5, 5.41) is 3.66. The zero-order valence-electron chi connectivity index (χ0n) is 11.3. The Labute approximate surface area is 111 Å². The molecule has 0 saturated heterocycles. The van der Waals surface area contributed by atoms with Gasteiger partial charge in [0.2, 0.25) is 0 Å². The Morgan fingerprint density at radius 3 is 2.33 bits per heavy atom. The quantitative estimate of drug-likeness (QED) is 0.784. The molecule has 0 heterocycles. The van der Waals surface area contributed by atoms with E-state index in [0.29, 0.717) is 6.04 Å². The number of nitrogens with two attached hydrogens (primary N) is 1. The molecule has 0 amide bonds. The Bertz CT molecular complexity index is 315. The molecule has 1 aromatic carbocycles. The van der Waals surface area contributed by atoms with E-state index < -0.39 is 0 Å². The third-order valence-electron chi connectivity index (χ3n) is 4.13. The zero-order chi connectivity index (χ0) is 12.6. The molecule has 0 aromatic heterocycles. The first-order valence-corrected chi connectivity index (χ1v) is 7.37. The first-order chi connectivity index (χ1) is 8.90. The fourth-order valence-corrected chi connectivity index (χ4v) is 3.00. The van der Waals surface area contributed by atoms with Gasteiger partial charge in [-0.25, -0.2) is 0 Å². The summed E-state index contributed by atoms with van der Waals surface area (Å²) in [6.45, 7) is 1.71. The summed E-state index contributed by atoms with van der Waals surface area (Å²) >= 11 is 0. The lowest BCUT2D eigenvalue weighted by atomic mass is 9.91. The van der Waals surface area contributed by atoms with Crippen molar-refractivity contribution in [3.63, 3.8) is 0 Å². The average molecular weight is 246 g/mol. The third-order valence-corrected chi connectivity index (χ3v) is 4.13. The molecule has 2 rings (SSSR count). The molecule has 1 atom stereocenters. The summed E-state index contributed by atoms with van der Waals surface area (Å²) in [7, 11) is 0. The molecule has 1 aromatic rings. The first-order valence-electron chi connectivity index (χ1n) is 7.37. The van der Waals surface area contributed by atoms with Crippen LogP contribution >= 0.6 is 0 Å². The lowest BCUT2D eigenvalue weighted by Crippen LogP contribution is -2.41. The summed E-state index contributed by atoms with van der Waals surface area (Å²) in [4.78, 5) is 0. The maximum atomic E-state index is 5.96. The van der Waals surface area contributed by atoms with Crippen LogP contribution in [-0.4, -0.2) is 12.6 Å². The SMILES string of the molecule is NCC(NCc1ccccc1)C1CCCCCC1. The molecule has 3 N–H and O–H groups in total. The lowest BCUT2D eigenvalue weighted by Gasteiger charge is -2.26. The Morgan fingerprint density at radius 1 is 1.06 bits per heavy atom. The van der Waals surface area contributed by atoms with Crippen molar-refractivity contribution in [2.75, 3.05) is 6.54 Å². The molecule has 100 valence electrons. The van der Waals surface area contributed by atoms with Crippen LogP contribution in [0.3, 0.4) is 0 Å². The fourth-order valence-electron chi connectivity index (χ4n) is 3.00. The van der Waals surface area contributed by atoms with Crippen LogP contribution in [0.2, 0.25) is 0 Å². The summed E-state index contributed by atoms with van der Waals surface area (Å²) in [5.41, 5.74) is 7.31. The van der Waals surface area contributed by atoms with Gasteiger partial charge in [-0.2, -0.15) is 0 Å². The van der Waals surface area contributed by atoms with Crippen molar-refractivity contribution in [1.82, 2.24) is 5.32 Å².